The van der Waals surface area contributed by atoms with Crippen LogP contribution in [0.4, 0.5) is 0 Å². The largest absolute Gasteiger partial charge is 0.392 e. The second-order valence-electron chi connectivity index (χ2n) is 13.0. The standard InChI is InChI=1S/C30H51NO/c1-7-20-32-31-28-13-9-12-23-14-15-24-26-17-16-25(22(4)11-8-10-21(2)3)29(26,5)19-18-27(24)30(23,28)6/h7,21-27H,1,8-20H2,2-6H3/b31-28+/t22-,23?,24+,25-,26+,27+,29-,30+/m1/s1. The Kier molecular flexibility index (Phi) is 7.48. The molecule has 0 saturated heterocycles. The molecule has 0 aliphatic heterocycles. The molecule has 4 saturated carbocycles. The van der Waals surface area contributed by atoms with Gasteiger partial charge in [-0.3, -0.25) is 0 Å². The number of fused-ring (bicyclic) bond motifs is 5. The zero-order chi connectivity index (χ0) is 22.9. The minimum atomic E-state index is 0.268. The highest BCUT2D eigenvalue weighted by Crippen LogP contribution is 2.68. The van der Waals surface area contributed by atoms with E-state index in [0.29, 0.717) is 12.0 Å². The Morgan fingerprint density at radius 2 is 1.84 bits per heavy atom. The quantitative estimate of drug-likeness (QED) is 0.210. The van der Waals surface area contributed by atoms with Crippen molar-refractivity contribution >= 4 is 5.71 Å². The summed E-state index contributed by atoms with van der Waals surface area (Å²) in [5, 5.41) is 4.76. The molecular formula is C30H51NO. The average Bonchev–Trinajstić information content (AvgIpc) is 3.11. The molecule has 1 unspecified atom stereocenters. The molecule has 4 aliphatic carbocycles. The fraction of sp³-hybridized carbons (Fsp3) is 0.900. The molecular weight excluding hydrogens is 390 g/mol. The Morgan fingerprint density at radius 3 is 2.59 bits per heavy atom. The molecule has 4 aliphatic rings. The molecule has 4 rings (SSSR count). The number of oxime groups is 1. The summed E-state index contributed by atoms with van der Waals surface area (Å²) >= 11 is 0. The molecule has 0 aromatic heterocycles. The minimum Gasteiger partial charge on any atom is -0.392 e. The molecule has 0 bridgehead atoms. The number of nitrogens with zero attached hydrogens (tertiary/aromatic N) is 1. The predicted octanol–water partition coefficient (Wildman–Crippen LogP) is 8.67. The maximum atomic E-state index is 5.70. The fourth-order valence-corrected chi connectivity index (χ4v) is 9.45. The van der Waals surface area contributed by atoms with Crippen LogP contribution in [-0.2, 0) is 4.84 Å². The molecule has 0 aromatic carbocycles. The minimum absolute atomic E-state index is 0.268. The lowest BCUT2D eigenvalue weighted by atomic mass is 9.44. The lowest BCUT2D eigenvalue weighted by Gasteiger charge is -2.60. The van der Waals surface area contributed by atoms with Crippen LogP contribution in [-0.4, -0.2) is 12.3 Å². The van der Waals surface area contributed by atoms with Crippen LogP contribution >= 0.6 is 0 Å². The van der Waals surface area contributed by atoms with Gasteiger partial charge < -0.3 is 4.84 Å². The fourth-order valence-electron chi connectivity index (χ4n) is 9.45. The summed E-state index contributed by atoms with van der Waals surface area (Å²) in [4.78, 5) is 5.70. The Morgan fingerprint density at radius 1 is 1.03 bits per heavy atom. The first-order chi connectivity index (χ1) is 15.3. The van der Waals surface area contributed by atoms with Crippen LogP contribution in [0.15, 0.2) is 17.8 Å². The van der Waals surface area contributed by atoms with Crippen molar-refractivity contribution in [2.75, 3.05) is 6.61 Å². The van der Waals surface area contributed by atoms with Crippen molar-refractivity contribution in [2.45, 2.75) is 112 Å². The van der Waals surface area contributed by atoms with Gasteiger partial charge in [0.1, 0.15) is 6.61 Å². The van der Waals surface area contributed by atoms with Crippen LogP contribution in [0.1, 0.15) is 112 Å². The van der Waals surface area contributed by atoms with E-state index in [4.69, 9.17) is 9.99 Å². The van der Waals surface area contributed by atoms with Gasteiger partial charge in [0.05, 0.1) is 5.71 Å². The summed E-state index contributed by atoms with van der Waals surface area (Å²) in [6.07, 6.45) is 18.6. The monoisotopic (exact) mass is 441 g/mol. The number of hydrogen-bond acceptors (Lipinski definition) is 2. The third-order valence-corrected chi connectivity index (χ3v) is 11.1. The van der Waals surface area contributed by atoms with Crippen LogP contribution in [0.3, 0.4) is 0 Å². The molecule has 2 nitrogen and oxygen atoms in total. The van der Waals surface area contributed by atoms with Gasteiger partial charge in [-0.2, -0.15) is 0 Å². The first-order valence-electron chi connectivity index (χ1n) is 14.1. The normalized spacial score (nSPS) is 43.4. The first kappa shape index (κ1) is 24.3. The van der Waals surface area contributed by atoms with Crippen LogP contribution in [0.5, 0.6) is 0 Å². The van der Waals surface area contributed by atoms with E-state index in [1.807, 2.05) is 6.08 Å². The van der Waals surface area contributed by atoms with Gasteiger partial charge in [-0.15, -0.1) is 0 Å². The predicted molar refractivity (Wildman–Crippen MR) is 137 cm³/mol. The van der Waals surface area contributed by atoms with E-state index in [9.17, 15) is 0 Å². The van der Waals surface area contributed by atoms with Crippen molar-refractivity contribution < 1.29 is 4.84 Å². The van der Waals surface area contributed by atoms with Crippen molar-refractivity contribution in [1.29, 1.82) is 0 Å². The van der Waals surface area contributed by atoms with E-state index in [0.717, 1.165) is 47.8 Å². The number of hydrogen-bond donors (Lipinski definition) is 0. The Hall–Kier alpha value is -0.790. The molecule has 4 fully saturated rings. The molecule has 2 heteroatoms. The molecule has 32 heavy (non-hydrogen) atoms. The molecule has 0 amide bonds. The highest BCUT2D eigenvalue weighted by atomic mass is 16.6. The van der Waals surface area contributed by atoms with Crippen molar-refractivity contribution in [1.82, 2.24) is 0 Å². The van der Waals surface area contributed by atoms with Crippen molar-refractivity contribution in [2.24, 2.45) is 57.4 Å². The number of rotatable bonds is 8. The molecule has 8 atom stereocenters. The Labute approximate surface area is 199 Å². The smallest absolute Gasteiger partial charge is 0.135 e. The van der Waals surface area contributed by atoms with Crippen LogP contribution in [0.25, 0.3) is 0 Å². The highest BCUT2D eigenvalue weighted by molar-refractivity contribution is 5.91. The van der Waals surface area contributed by atoms with Gasteiger partial charge in [0.25, 0.3) is 0 Å². The first-order valence-corrected chi connectivity index (χ1v) is 14.1. The lowest BCUT2D eigenvalue weighted by molar-refractivity contribution is -0.0803. The molecule has 0 aromatic rings. The molecule has 0 spiro atoms. The summed E-state index contributed by atoms with van der Waals surface area (Å²) in [5.74, 6) is 6.18. The topological polar surface area (TPSA) is 21.6 Å². The Balaban J connectivity index is 1.51. The third kappa shape index (κ3) is 4.22. The summed E-state index contributed by atoms with van der Waals surface area (Å²) in [6, 6.07) is 0. The van der Waals surface area contributed by atoms with E-state index >= 15 is 0 Å². The Bertz CT molecular complexity index is 682. The van der Waals surface area contributed by atoms with Crippen LogP contribution < -0.4 is 0 Å². The summed E-state index contributed by atoms with van der Waals surface area (Å²) in [6.45, 7) is 17.0. The SMILES string of the molecule is C=CCO/N=C1\CCCC2CC[C@H]3[C@@H]4CC[C@H]([C@H](C)CCCC(C)C)[C@@]4(C)CC[C@@H]3[C@@]12C. The van der Waals surface area contributed by atoms with Gasteiger partial charge in [-0.1, -0.05) is 71.7 Å². The summed E-state index contributed by atoms with van der Waals surface area (Å²) < 4.78 is 0. The molecule has 182 valence electrons. The van der Waals surface area contributed by atoms with Crippen LogP contribution in [0.2, 0.25) is 0 Å². The van der Waals surface area contributed by atoms with E-state index in [1.165, 1.54) is 76.3 Å². The molecule has 0 N–H and O–H groups in total. The van der Waals surface area contributed by atoms with Gasteiger partial charge in [-0.05, 0) is 105 Å². The second-order valence-corrected chi connectivity index (χ2v) is 13.0. The van der Waals surface area contributed by atoms with Gasteiger partial charge in [-0.25, -0.2) is 0 Å². The van der Waals surface area contributed by atoms with E-state index in [2.05, 4.69) is 41.2 Å². The molecule has 0 heterocycles. The summed E-state index contributed by atoms with van der Waals surface area (Å²) in [7, 11) is 0. The van der Waals surface area contributed by atoms with Gasteiger partial charge in [0.2, 0.25) is 0 Å². The van der Waals surface area contributed by atoms with E-state index < -0.39 is 0 Å². The van der Waals surface area contributed by atoms with Crippen LogP contribution in [0, 0.1) is 52.3 Å². The van der Waals surface area contributed by atoms with Gasteiger partial charge >= 0.3 is 0 Å². The van der Waals surface area contributed by atoms with E-state index in [1.54, 1.807) is 0 Å². The highest BCUT2D eigenvalue weighted by Gasteiger charge is 2.61. The zero-order valence-corrected chi connectivity index (χ0v) is 21.9. The second kappa shape index (κ2) is 9.83. The molecule has 0 radical (unpaired) electrons. The van der Waals surface area contributed by atoms with Gasteiger partial charge in [0, 0.05) is 5.41 Å². The maximum Gasteiger partial charge on any atom is 0.135 e. The van der Waals surface area contributed by atoms with Crippen molar-refractivity contribution in [3.63, 3.8) is 0 Å². The lowest BCUT2D eigenvalue weighted by Crippen LogP contribution is -2.56. The van der Waals surface area contributed by atoms with Crippen molar-refractivity contribution in [3.8, 4) is 0 Å². The maximum absolute atomic E-state index is 5.70. The third-order valence-electron chi connectivity index (χ3n) is 11.1. The van der Waals surface area contributed by atoms with E-state index in [-0.39, 0.29) is 5.41 Å². The summed E-state index contributed by atoms with van der Waals surface area (Å²) in [5.41, 5.74) is 2.24. The van der Waals surface area contributed by atoms with Crippen molar-refractivity contribution in [3.05, 3.63) is 12.7 Å². The van der Waals surface area contributed by atoms with Gasteiger partial charge in [0.15, 0.2) is 0 Å². The zero-order valence-electron chi connectivity index (χ0n) is 21.9. The average molecular weight is 442 g/mol.